The van der Waals surface area contributed by atoms with Crippen LogP contribution in [0, 0.1) is 0 Å². The van der Waals surface area contributed by atoms with Gasteiger partial charge in [-0.25, -0.2) is 4.98 Å². The molecular weight excluding hydrogens is 391 g/mol. The first-order valence-corrected chi connectivity index (χ1v) is 9.60. The Morgan fingerprint density at radius 3 is 2.53 bits per heavy atom. The highest BCUT2D eigenvalue weighted by molar-refractivity contribution is 5.79. The number of benzene rings is 2. The normalized spacial score (nSPS) is 12.1. The Bertz CT molecular complexity index is 964. The first-order chi connectivity index (χ1) is 14.5. The molecule has 8 heteroatoms. The van der Waals surface area contributed by atoms with Gasteiger partial charge in [0.15, 0.2) is 5.96 Å². The molecule has 1 heterocycles. The molecule has 0 saturated carbocycles. The van der Waals surface area contributed by atoms with E-state index < -0.39 is 11.7 Å². The summed E-state index contributed by atoms with van der Waals surface area (Å²) in [5.41, 5.74) is 1.07. The molecule has 0 amide bonds. The summed E-state index contributed by atoms with van der Waals surface area (Å²) in [5.74, 6) is 1.47. The molecule has 0 aliphatic carbocycles. The number of hydrogen-bond donors (Lipinski definition) is 2. The smallest absolute Gasteiger partial charge is 0.356 e. The maximum Gasteiger partial charge on any atom is 0.416 e. The quantitative estimate of drug-likeness (QED) is 0.455. The number of nitrogens with one attached hydrogen (secondary N) is 2. The molecule has 0 spiro atoms. The lowest BCUT2D eigenvalue weighted by atomic mass is 10.1. The Hall–Kier alpha value is -3.29. The second-order valence-electron chi connectivity index (χ2n) is 6.76. The topological polar surface area (TPSA) is 54.2 Å². The van der Waals surface area contributed by atoms with Crippen molar-refractivity contribution in [2.24, 2.45) is 4.99 Å². The molecule has 3 aromatic rings. The molecule has 158 valence electrons. The molecule has 3 rings (SSSR count). The number of aliphatic imine (C=N–C) groups is 1. The summed E-state index contributed by atoms with van der Waals surface area (Å²) in [5, 5.41) is 6.22. The molecule has 0 radical (unpaired) electrons. The highest BCUT2D eigenvalue weighted by Gasteiger charge is 2.30. The second-order valence-corrected chi connectivity index (χ2v) is 6.76. The van der Waals surface area contributed by atoms with Crippen LogP contribution in [0.5, 0.6) is 0 Å². The summed E-state index contributed by atoms with van der Waals surface area (Å²) < 4.78 is 40.6. The minimum atomic E-state index is -4.35. The minimum Gasteiger partial charge on any atom is -0.356 e. The third-order valence-corrected chi connectivity index (χ3v) is 4.58. The lowest BCUT2D eigenvalue weighted by Crippen LogP contribution is -2.38. The molecule has 0 unspecified atom stereocenters. The van der Waals surface area contributed by atoms with Crippen LogP contribution >= 0.6 is 0 Å². The molecule has 2 N–H and O–H groups in total. The molecule has 2 aromatic carbocycles. The van der Waals surface area contributed by atoms with Crippen molar-refractivity contribution in [3.05, 3.63) is 89.5 Å². The summed E-state index contributed by atoms with van der Waals surface area (Å²) in [6.45, 7) is 1.58. The Morgan fingerprint density at radius 1 is 1.03 bits per heavy atom. The fraction of sp³-hybridized carbons (Fsp3) is 0.273. The summed E-state index contributed by atoms with van der Waals surface area (Å²) in [4.78, 5) is 8.55. The predicted octanol–water partition coefficient (Wildman–Crippen LogP) is 3.86. The van der Waals surface area contributed by atoms with Crippen molar-refractivity contribution in [3.8, 4) is 0 Å². The second kappa shape index (κ2) is 9.96. The third-order valence-electron chi connectivity index (χ3n) is 4.58. The summed E-state index contributed by atoms with van der Waals surface area (Å²) in [6.07, 6.45) is 0.0592. The van der Waals surface area contributed by atoms with Gasteiger partial charge in [0.05, 0.1) is 5.56 Å². The molecule has 0 saturated heterocycles. The molecule has 30 heavy (non-hydrogen) atoms. The Labute approximate surface area is 173 Å². The first-order valence-electron chi connectivity index (χ1n) is 9.60. The minimum absolute atomic E-state index is 0.242. The van der Waals surface area contributed by atoms with Crippen molar-refractivity contribution in [1.29, 1.82) is 0 Å². The maximum absolute atomic E-state index is 12.8. The molecule has 0 aliphatic rings. The van der Waals surface area contributed by atoms with E-state index in [9.17, 15) is 13.2 Å². The Morgan fingerprint density at radius 2 is 1.80 bits per heavy atom. The van der Waals surface area contributed by atoms with Crippen LogP contribution in [-0.2, 0) is 25.7 Å². The van der Waals surface area contributed by atoms with Gasteiger partial charge in [-0.05, 0) is 23.3 Å². The average molecular weight is 415 g/mol. The number of rotatable bonds is 7. The van der Waals surface area contributed by atoms with Crippen molar-refractivity contribution >= 4 is 5.96 Å². The Kier molecular flexibility index (Phi) is 7.11. The van der Waals surface area contributed by atoms with E-state index >= 15 is 0 Å². The summed E-state index contributed by atoms with van der Waals surface area (Å²) in [7, 11) is 1.62. The van der Waals surface area contributed by atoms with Crippen LogP contribution in [0.1, 0.15) is 22.5 Å². The largest absolute Gasteiger partial charge is 0.416 e. The highest BCUT2D eigenvalue weighted by atomic mass is 19.4. The van der Waals surface area contributed by atoms with Gasteiger partial charge in [-0.3, -0.25) is 4.99 Å². The maximum atomic E-state index is 12.8. The van der Waals surface area contributed by atoms with Crippen LogP contribution < -0.4 is 10.6 Å². The van der Waals surface area contributed by atoms with Crippen molar-refractivity contribution in [1.82, 2.24) is 20.2 Å². The average Bonchev–Trinajstić information content (AvgIpc) is 3.17. The molecule has 0 atom stereocenters. The summed E-state index contributed by atoms with van der Waals surface area (Å²) in [6, 6.07) is 15.4. The molecule has 0 aliphatic heterocycles. The molecule has 5 nitrogen and oxygen atoms in total. The third kappa shape index (κ3) is 6.10. The van der Waals surface area contributed by atoms with Crippen LogP contribution in [0.25, 0.3) is 0 Å². The van der Waals surface area contributed by atoms with Crippen LogP contribution in [0.3, 0.4) is 0 Å². The van der Waals surface area contributed by atoms with Gasteiger partial charge in [-0.2, -0.15) is 13.2 Å². The van der Waals surface area contributed by atoms with E-state index in [-0.39, 0.29) is 6.54 Å². The number of hydrogen-bond acceptors (Lipinski definition) is 2. The van der Waals surface area contributed by atoms with E-state index in [0.29, 0.717) is 24.5 Å². The zero-order chi connectivity index (χ0) is 21.4. The number of imidazole rings is 1. The number of guanidine groups is 1. The van der Waals surface area contributed by atoms with Gasteiger partial charge in [0.2, 0.25) is 0 Å². The molecule has 0 fully saturated rings. The number of nitrogens with zero attached hydrogens (tertiary/aromatic N) is 3. The van der Waals surface area contributed by atoms with E-state index in [1.165, 1.54) is 11.6 Å². The summed E-state index contributed by atoms with van der Waals surface area (Å²) >= 11 is 0. The van der Waals surface area contributed by atoms with Gasteiger partial charge in [0.25, 0.3) is 0 Å². The van der Waals surface area contributed by atoms with Gasteiger partial charge in [-0.1, -0.05) is 42.5 Å². The molecular formula is C22H24F3N5. The van der Waals surface area contributed by atoms with Crippen molar-refractivity contribution in [2.75, 3.05) is 13.6 Å². The van der Waals surface area contributed by atoms with E-state index in [0.717, 1.165) is 24.5 Å². The van der Waals surface area contributed by atoms with E-state index in [1.807, 2.05) is 24.4 Å². The lowest BCUT2D eigenvalue weighted by molar-refractivity contribution is -0.137. The molecule has 0 bridgehead atoms. The first kappa shape index (κ1) is 21.4. The monoisotopic (exact) mass is 415 g/mol. The zero-order valence-electron chi connectivity index (χ0n) is 16.7. The van der Waals surface area contributed by atoms with Crippen molar-refractivity contribution in [2.45, 2.75) is 25.7 Å². The Balaban J connectivity index is 1.50. The van der Waals surface area contributed by atoms with Gasteiger partial charge >= 0.3 is 6.18 Å². The zero-order valence-corrected chi connectivity index (χ0v) is 16.7. The van der Waals surface area contributed by atoms with Crippen molar-refractivity contribution in [3.63, 3.8) is 0 Å². The van der Waals surface area contributed by atoms with Crippen LogP contribution in [0.4, 0.5) is 13.2 Å². The van der Waals surface area contributed by atoms with Gasteiger partial charge in [-0.15, -0.1) is 0 Å². The van der Waals surface area contributed by atoms with Gasteiger partial charge < -0.3 is 15.2 Å². The highest BCUT2D eigenvalue weighted by Crippen LogP contribution is 2.29. The SMILES string of the molecule is CN=C(NCCc1nccn1Cc1ccccc1)NCc1cccc(C(F)(F)F)c1. The van der Waals surface area contributed by atoms with Crippen molar-refractivity contribution < 1.29 is 13.2 Å². The number of aromatic nitrogens is 2. The van der Waals surface area contributed by atoms with Gasteiger partial charge in [0, 0.05) is 45.5 Å². The van der Waals surface area contributed by atoms with E-state index in [4.69, 9.17) is 0 Å². The van der Waals surface area contributed by atoms with Crippen LogP contribution in [-0.4, -0.2) is 29.1 Å². The van der Waals surface area contributed by atoms with Gasteiger partial charge in [0.1, 0.15) is 5.82 Å². The fourth-order valence-electron chi connectivity index (χ4n) is 3.05. The number of halogens is 3. The standard InChI is InChI=1S/C22H24F3N5/c1-26-21(29-15-18-8-5-9-19(14-18)22(23,24)25)28-11-10-20-27-12-13-30(20)16-17-6-3-2-4-7-17/h2-9,12-14H,10-11,15-16H2,1H3,(H2,26,28,29). The number of alkyl halides is 3. The van der Waals surface area contributed by atoms with E-state index in [2.05, 4.69) is 37.3 Å². The lowest BCUT2D eigenvalue weighted by Gasteiger charge is -2.14. The molecule has 1 aromatic heterocycles. The van der Waals surface area contributed by atoms with Crippen LogP contribution in [0.2, 0.25) is 0 Å². The van der Waals surface area contributed by atoms with Crippen LogP contribution in [0.15, 0.2) is 72.0 Å². The predicted molar refractivity (Wildman–Crippen MR) is 111 cm³/mol. The fourth-order valence-corrected chi connectivity index (χ4v) is 3.05. The van der Waals surface area contributed by atoms with E-state index in [1.54, 1.807) is 19.3 Å².